The number of fused-ring (bicyclic) bond motifs is 1. The Morgan fingerprint density at radius 3 is 2.15 bits per heavy atom. The van der Waals surface area contributed by atoms with Gasteiger partial charge in [0.15, 0.2) is 15.7 Å². The maximum absolute atomic E-state index is 14.6. The fourth-order valence-corrected chi connectivity index (χ4v) is 5.17. The first kappa shape index (κ1) is 29.3. The number of nitrogens with zero attached hydrogens (tertiary/aromatic N) is 2. The van der Waals surface area contributed by atoms with Gasteiger partial charge in [-0.05, 0) is 54.3 Å². The van der Waals surface area contributed by atoms with Crippen LogP contribution in [0.2, 0.25) is 0 Å². The summed E-state index contributed by atoms with van der Waals surface area (Å²) in [5, 5.41) is 13.9. The van der Waals surface area contributed by atoms with Crippen LogP contribution in [0, 0.1) is 0 Å². The van der Waals surface area contributed by atoms with E-state index in [0.29, 0.717) is 0 Å². The lowest BCUT2D eigenvalue weighted by molar-refractivity contribution is -0.252. The third kappa shape index (κ3) is 5.35. The number of nitrogens with one attached hydrogen (secondary N) is 1. The molecular weight excluding hydrogens is 543 g/mol. The monoisotopic (exact) mass is 573 g/mol. The first-order chi connectivity index (χ1) is 18.5. The summed E-state index contributed by atoms with van der Waals surface area (Å²) in [4.78, 5) is 17.2. The Balaban J connectivity index is 1.79. The number of imidazole rings is 1. The molecule has 0 fully saturated rings. The quantitative estimate of drug-likeness (QED) is 0.303. The van der Waals surface area contributed by atoms with E-state index < -0.39 is 33.3 Å². The second-order valence-electron chi connectivity index (χ2n) is 10.7. The van der Waals surface area contributed by atoms with Crippen molar-refractivity contribution in [3.8, 4) is 0 Å². The number of halogens is 3. The number of amides is 1. The number of sulfone groups is 1. The van der Waals surface area contributed by atoms with Crippen molar-refractivity contribution in [2.75, 3.05) is 11.6 Å². The summed E-state index contributed by atoms with van der Waals surface area (Å²) < 4.78 is 68.8. The molecule has 1 atom stereocenters. The molecule has 1 aromatic heterocycles. The standard InChI is InChI=1S/C29H30F3N3O4S/c1-6-35-24-16-18(25(36)33-21-8-7-9-22(17-21)40(5,38)39)10-15-23(24)34-26(35)28(37,29(30,31)32)20-13-11-19(12-14-20)27(2,3)4/h7-17,37H,6H2,1-5H3,(H,33,36). The highest BCUT2D eigenvalue weighted by molar-refractivity contribution is 7.90. The van der Waals surface area contributed by atoms with Crippen molar-refractivity contribution in [1.82, 2.24) is 9.55 Å². The largest absolute Gasteiger partial charge is 0.428 e. The van der Waals surface area contributed by atoms with Gasteiger partial charge in [-0.3, -0.25) is 4.79 Å². The molecule has 7 nitrogen and oxygen atoms in total. The molecule has 0 aliphatic carbocycles. The highest BCUT2D eigenvalue weighted by Crippen LogP contribution is 2.45. The van der Waals surface area contributed by atoms with Gasteiger partial charge in [-0.1, -0.05) is 51.1 Å². The van der Waals surface area contributed by atoms with E-state index in [1.165, 1.54) is 59.2 Å². The summed E-state index contributed by atoms with van der Waals surface area (Å²) in [6.07, 6.45) is -4.05. The van der Waals surface area contributed by atoms with Crippen molar-refractivity contribution in [2.45, 2.75) is 56.3 Å². The normalized spacial score (nSPS) is 14.2. The number of anilines is 1. The summed E-state index contributed by atoms with van der Waals surface area (Å²) in [7, 11) is -3.50. The SMILES string of the molecule is CCn1c(C(O)(c2ccc(C(C)(C)C)cc2)C(F)(F)F)nc2ccc(C(=O)Nc3cccc(S(C)(=O)=O)c3)cc21. The summed E-state index contributed by atoms with van der Waals surface area (Å²) in [6.45, 7) is 7.46. The van der Waals surface area contributed by atoms with Crippen molar-refractivity contribution in [3.05, 3.63) is 89.2 Å². The Hall–Kier alpha value is -3.70. The number of rotatable bonds is 6. The van der Waals surface area contributed by atoms with E-state index in [4.69, 9.17) is 0 Å². The van der Waals surface area contributed by atoms with Crippen LogP contribution in [0.15, 0.2) is 71.6 Å². The molecule has 0 bridgehead atoms. The fourth-order valence-electron chi connectivity index (χ4n) is 4.50. The molecule has 0 aliphatic rings. The van der Waals surface area contributed by atoms with E-state index in [2.05, 4.69) is 10.3 Å². The lowest BCUT2D eigenvalue weighted by atomic mass is 9.84. The average molecular weight is 574 g/mol. The van der Waals surface area contributed by atoms with Crippen LogP contribution in [0.25, 0.3) is 11.0 Å². The van der Waals surface area contributed by atoms with E-state index in [9.17, 15) is 31.5 Å². The second kappa shape index (κ2) is 10.0. The van der Waals surface area contributed by atoms with Crippen molar-refractivity contribution >= 4 is 32.5 Å². The van der Waals surface area contributed by atoms with Gasteiger partial charge in [-0.25, -0.2) is 13.4 Å². The molecule has 2 N–H and O–H groups in total. The predicted molar refractivity (Wildman–Crippen MR) is 147 cm³/mol. The van der Waals surface area contributed by atoms with Crippen LogP contribution in [-0.2, 0) is 27.4 Å². The highest BCUT2D eigenvalue weighted by atomic mass is 32.2. The molecule has 0 saturated heterocycles. The number of hydrogen-bond donors (Lipinski definition) is 2. The van der Waals surface area contributed by atoms with E-state index in [1.54, 1.807) is 19.1 Å². The molecule has 0 saturated carbocycles. The molecular formula is C29H30F3N3O4S. The molecule has 40 heavy (non-hydrogen) atoms. The molecule has 0 spiro atoms. The Kier molecular flexibility index (Phi) is 7.35. The van der Waals surface area contributed by atoms with Crippen molar-refractivity contribution in [2.24, 2.45) is 0 Å². The van der Waals surface area contributed by atoms with Crippen molar-refractivity contribution in [3.63, 3.8) is 0 Å². The zero-order valence-electron chi connectivity index (χ0n) is 22.7. The first-order valence-corrected chi connectivity index (χ1v) is 14.4. The number of carbonyl (C=O) groups excluding carboxylic acids is 1. The molecule has 3 aromatic carbocycles. The second-order valence-corrected chi connectivity index (χ2v) is 12.7. The van der Waals surface area contributed by atoms with Crippen LogP contribution in [0.3, 0.4) is 0 Å². The first-order valence-electron chi connectivity index (χ1n) is 12.5. The average Bonchev–Trinajstić information content (AvgIpc) is 3.25. The highest BCUT2D eigenvalue weighted by Gasteiger charge is 2.59. The Labute approximate surface area is 230 Å². The number of hydrogen-bond acceptors (Lipinski definition) is 5. The summed E-state index contributed by atoms with van der Waals surface area (Å²) in [5.74, 6) is -1.21. The van der Waals surface area contributed by atoms with Gasteiger partial charge >= 0.3 is 6.18 Å². The maximum atomic E-state index is 14.6. The van der Waals surface area contributed by atoms with E-state index in [0.717, 1.165) is 11.8 Å². The smallest absolute Gasteiger partial charge is 0.370 e. The van der Waals surface area contributed by atoms with Gasteiger partial charge in [-0.2, -0.15) is 13.2 Å². The van der Waals surface area contributed by atoms with Crippen LogP contribution in [0.4, 0.5) is 18.9 Å². The number of alkyl halides is 3. The Morgan fingerprint density at radius 2 is 1.60 bits per heavy atom. The van der Waals surface area contributed by atoms with Gasteiger partial charge < -0.3 is 15.0 Å². The molecule has 212 valence electrons. The summed E-state index contributed by atoms with van der Waals surface area (Å²) >= 11 is 0. The predicted octanol–water partition coefficient (Wildman–Crippen LogP) is 5.81. The minimum Gasteiger partial charge on any atom is -0.370 e. The third-order valence-electron chi connectivity index (χ3n) is 6.75. The summed E-state index contributed by atoms with van der Waals surface area (Å²) in [5.41, 5.74) is -2.53. The van der Waals surface area contributed by atoms with Gasteiger partial charge in [0.2, 0.25) is 5.60 Å². The van der Waals surface area contributed by atoms with Crippen LogP contribution < -0.4 is 5.32 Å². The van der Waals surface area contributed by atoms with Crippen LogP contribution in [-0.4, -0.2) is 41.4 Å². The minimum absolute atomic E-state index is 0.0245. The van der Waals surface area contributed by atoms with Crippen molar-refractivity contribution in [1.29, 1.82) is 0 Å². The van der Waals surface area contributed by atoms with Gasteiger partial charge in [-0.15, -0.1) is 0 Å². The van der Waals surface area contributed by atoms with Gasteiger partial charge in [0, 0.05) is 29.6 Å². The van der Waals surface area contributed by atoms with Gasteiger partial charge in [0.1, 0.15) is 0 Å². The lowest BCUT2D eigenvalue weighted by Crippen LogP contribution is -2.45. The van der Waals surface area contributed by atoms with Crippen LogP contribution in [0.1, 0.15) is 55.0 Å². The van der Waals surface area contributed by atoms with E-state index >= 15 is 0 Å². The maximum Gasteiger partial charge on any atom is 0.428 e. The number of carbonyl (C=O) groups is 1. The Bertz CT molecular complexity index is 1690. The molecule has 4 rings (SSSR count). The van der Waals surface area contributed by atoms with E-state index in [-0.39, 0.29) is 44.7 Å². The van der Waals surface area contributed by atoms with Crippen LogP contribution >= 0.6 is 0 Å². The zero-order valence-corrected chi connectivity index (χ0v) is 23.5. The molecule has 4 aromatic rings. The number of aromatic nitrogens is 2. The summed E-state index contributed by atoms with van der Waals surface area (Å²) in [6, 6.07) is 15.6. The lowest BCUT2D eigenvalue weighted by Gasteiger charge is -2.31. The van der Waals surface area contributed by atoms with Crippen LogP contribution in [0.5, 0.6) is 0 Å². The molecule has 1 heterocycles. The molecule has 0 radical (unpaired) electrons. The van der Waals surface area contributed by atoms with Crippen molar-refractivity contribution < 1.29 is 31.5 Å². The van der Waals surface area contributed by atoms with Gasteiger partial charge in [0.25, 0.3) is 5.91 Å². The third-order valence-corrected chi connectivity index (χ3v) is 7.86. The Morgan fingerprint density at radius 1 is 0.975 bits per heavy atom. The molecule has 1 amide bonds. The number of aryl methyl sites for hydroxylation is 1. The van der Waals surface area contributed by atoms with Gasteiger partial charge in [0.05, 0.1) is 15.9 Å². The zero-order chi connectivity index (χ0) is 29.7. The molecule has 1 unspecified atom stereocenters. The topological polar surface area (TPSA) is 101 Å². The number of aliphatic hydroxyl groups is 1. The minimum atomic E-state index is -5.10. The molecule has 11 heteroatoms. The fraction of sp³-hybridized carbons (Fsp3) is 0.310. The van der Waals surface area contributed by atoms with E-state index in [1.807, 2.05) is 20.8 Å². The molecule has 0 aliphatic heterocycles. The number of benzene rings is 3.